The van der Waals surface area contributed by atoms with Crippen molar-refractivity contribution < 1.29 is 4.79 Å². The molecule has 0 saturated carbocycles. The van der Waals surface area contributed by atoms with Crippen molar-refractivity contribution in [3.8, 4) is 0 Å². The standard InChI is InChI=1S/C11H24N2O/c1-7(2)5-8(3)6-10(14)11(13)9(4)12/h7-9,11H,5-6,12-13H2,1-4H3/t8-,9+,11+/m1/s1. The molecule has 0 rings (SSSR count). The van der Waals surface area contributed by atoms with E-state index in [0.717, 1.165) is 6.42 Å². The number of nitrogens with two attached hydrogens (primary N) is 2. The lowest BCUT2D eigenvalue weighted by Gasteiger charge is -2.18. The number of Topliss-reactive ketones (excluding diaryl/α,β-unsaturated/α-hetero) is 1. The number of hydrogen-bond acceptors (Lipinski definition) is 3. The lowest BCUT2D eigenvalue weighted by Crippen LogP contribution is -2.45. The molecule has 4 N–H and O–H groups in total. The molecule has 0 fully saturated rings. The van der Waals surface area contributed by atoms with Gasteiger partial charge in [0.05, 0.1) is 6.04 Å². The quantitative estimate of drug-likeness (QED) is 0.679. The highest BCUT2D eigenvalue weighted by Gasteiger charge is 2.19. The minimum absolute atomic E-state index is 0.0909. The van der Waals surface area contributed by atoms with Gasteiger partial charge in [-0.25, -0.2) is 0 Å². The maximum absolute atomic E-state index is 11.6. The van der Waals surface area contributed by atoms with Gasteiger partial charge in [-0.05, 0) is 25.2 Å². The van der Waals surface area contributed by atoms with Gasteiger partial charge < -0.3 is 11.5 Å². The first-order valence-electron chi connectivity index (χ1n) is 5.38. The van der Waals surface area contributed by atoms with E-state index in [1.54, 1.807) is 6.92 Å². The predicted molar refractivity (Wildman–Crippen MR) is 59.9 cm³/mol. The van der Waals surface area contributed by atoms with Crippen LogP contribution in [0.25, 0.3) is 0 Å². The van der Waals surface area contributed by atoms with Crippen molar-refractivity contribution >= 4 is 5.78 Å². The Balaban J connectivity index is 3.93. The smallest absolute Gasteiger partial charge is 0.151 e. The molecule has 0 saturated heterocycles. The third-order valence-electron chi connectivity index (χ3n) is 2.36. The number of carbonyl (C=O) groups is 1. The van der Waals surface area contributed by atoms with Crippen molar-refractivity contribution in [2.24, 2.45) is 23.3 Å². The second-order valence-electron chi connectivity index (χ2n) is 4.79. The summed E-state index contributed by atoms with van der Waals surface area (Å²) in [5, 5.41) is 0. The fraction of sp³-hybridized carbons (Fsp3) is 0.909. The van der Waals surface area contributed by atoms with E-state index < -0.39 is 6.04 Å². The van der Waals surface area contributed by atoms with Crippen LogP contribution in [-0.4, -0.2) is 17.9 Å². The van der Waals surface area contributed by atoms with Gasteiger partial charge in [0.1, 0.15) is 0 Å². The topological polar surface area (TPSA) is 69.1 Å². The maximum atomic E-state index is 11.6. The number of ketones is 1. The molecule has 0 heterocycles. The summed E-state index contributed by atoms with van der Waals surface area (Å²) in [6.45, 7) is 8.18. The molecule has 3 heteroatoms. The van der Waals surface area contributed by atoms with Gasteiger partial charge in [0.25, 0.3) is 0 Å². The highest BCUT2D eigenvalue weighted by molar-refractivity contribution is 5.84. The molecular weight excluding hydrogens is 176 g/mol. The second-order valence-corrected chi connectivity index (χ2v) is 4.79. The third kappa shape index (κ3) is 5.35. The summed E-state index contributed by atoms with van der Waals surface area (Å²) in [5.74, 6) is 1.13. The average Bonchev–Trinajstić information content (AvgIpc) is 2.00. The van der Waals surface area contributed by atoms with Crippen LogP contribution in [0.2, 0.25) is 0 Å². The van der Waals surface area contributed by atoms with Crippen LogP contribution in [-0.2, 0) is 4.79 Å². The molecule has 0 aliphatic carbocycles. The summed E-state index contributed by atoms with van der Waals surface area (Å²) in [5.41, 5.74) is 11.2. The highest BCUT2D eigenvalue weighted by atomic mass is 16.1. The Bertz CT molecular complexity index is 178. The fourth-order valence-corrected chi connectivity index (χ4v) is 1.66. The first-order valence-corrected chi connectivity index (χ1v) is 5.38. The maximum Gasteiger partial charge on any atom is 0.151 e. The van der Waals surface area contributed by atoms with Crippen molar-refractivity contribution in [3.05, 3.63) is 0 Å². The van der Waals surface area contributed by atoms with Crippen LogP contribution in [0.1, 0.15) is 40.5 Å². The molecule has 0 bridgehead atoms. The lowest BCUT2D eigenvalue weighted by molar-refractivity contribution is -0.121. The van der Waals surface area contributed by atoms with Gasteiger partial charge in [0.15, 0.2) is 5.78 Å². The zero-order chi connectivity index (χ0) is 11.3. The Morgan fingerprint density at radius 3 is 2.00 bits per heavy atom. The molecule has 0 aromatic carbocycles. The summed E-state index contributed by atoms with van der Waals surface area (Å²) in [4.78, 5) is 11.6. The molecule has 14 heavy (non-hydrogen) atoms. The van der Waals surface area contributed by atoms with E-state index in [1.165, 1.54) is 0 Å². The summed E-state index contributed by atoms with van der Waals surface area (Å²) >= 11 is 0. The van der Waals surface area contributed by atoms with Gasteiger partial charge in [0.2, 0.25) is 0 Å². The molecular formula is C11H24N2O. The third-order valence-corrected chi connectivity index (χ3v) is 2.36. The van der Waals surface area contributed by atoms with Gasteiger partial charge in [-0.3, -0.25) is 4.79 Å². The van der Waals surface area contributed by atoms with Crippen LogP contribution in [0.15, 0.2) is 0 Å². The van der Waals surface area contributed by atoms with Gasteiger partial charge >= 0.3 is 0 Å². The minimum atomic E-state index is -0.496. The summed E-state index contributed by atoms with van der Waals surface area (Å²) in [6, 6.07) is -0.738. The van der Waals surface area contributed by atoms with Crippen molar-refractivity contribution in [1.82, 2.24) is 0 Å². The highest BCUT2D eigenvalue weighted by Crippen LogP contribution is 2.15. The Labute approximate surface area is 87.2 Å². The first-order chi connectivity index (χ1) is 6.34. The Hall–Kier alpha value is -0.410. The van der Waals surface area contributed by atoms with Gasteiger partial charge in [0, 0.05) is 12.5 Å². The molecule has 3 nitrogen and oxygen atoms in total. The SMILES string of the molecule is CC(C)C[C@@H](C)CC(=O)[C@@H](N)[C@H](C)N. The monoisotopic (exact) mass is 200 g/mol. The van der Waals surface area contributed by atoms with E-state index in [-0.39, 0.29) is 11.8 Å². The number of rotatable bonds is 6. The average molecular weight is 200 g/mol. The number of hydrogen-bond donors (Lipinski definition) is 2. The molecule has 0 aromatic rings. The van der Waals surface area contributed by atoms with Gasteiger partial charge in [-0.15, -0.1) is 0 Å². The summed E-state index contributed by atoms with van der Waals surface area (Å²) in [6.07, 6.45) is 1.62. The summed E-state index contributed by atoms with van der Waals surface area (Å²) in [7, 11) is 0. The largest absolute Gasteiger partial charge is 0.326 e. The summed E-state index contributed by atoms with van der Waals surface area (Å²) < 4.78 is 0. The van der Waals surface area contributed by atoms with Crippen molar-refractivity contribution in [3.63, 3.8) is 0 Å². The second kappa shape index (κ2) is 6.14. The zero-order valence-corrected chi connectivity index (χ0v) is 9.79. The van der Waals surface area contributed by atoms with Crippen LogP contribution in [0, 0.1) is 11.8 Å². The Kier molecular flexibility index (Phi) is 5.96. The molecule has 3 atom stereocenters. The van der Waals surface area contributed by atoms with E-state index in [1.807, 2.05) is 0 Å². The Morgan fingerprint density at radius 2 is 1.64 bits per heavy atom. The van der Waals surface area contributed by atoms with Crippen LogP contribution in [0.5, 0.6) is 0 Å². The van der Waals surface area contributed by atoms with Crippen LogP contribution in [0.4, 0.5) is 0 Å². The Morgan fingerprint density at radius 1 is 1.14 bits per heavy atom. The van der Waals surface area contributed by atoms with Gasteiger partial charge in [-0.1, -0.05) is 20.8 Å². The van der Waals surface area contributed by atoms with Crippen molar-refractivity contribution in [2.75, 3.05) is 0 Å². The van der Waals surface area contributed by atoms with Gasteiger partial charge in [-0.2, -0.15) is 0 Å². The molecule has 84 valence electrons. The van der Waals surface area contributed by atoms with E-state index >= 15 is 0 Å². The molecule has 0 unspecified atom stereocenters. The van der Waals surface area contributed by atoms with E-state index in [0.29, 0.717) is 18.3 Å². The molecule has 0 amide bonds. The van der Waals surface area contributed by atoms with E-state index in [2.05, 4.69) is 20.8 Å². The fourth-order valence-electron chi connectivity index (χ4n) is 1.66. The van der Waals surface area contributed by atoms with Crippen molar-refractivity contribution in [2.45, 2.75) is 52.6 Å². The first kappa shape index (κ1) is 13.6. The van der Waals surface area contributed by atoms with E-state index in [4.69, 9.17) is 11.5 Å². The molecule has 0 aliphatic heterocycles. The number of carbonyl (C=O) groups excluding carboxylic acids is 1. The molecule has 0 spiro atoms. The van der Waals surface area contributed by atoms with E-state index in [9.17, 15) is 4.79 Å². The van der Waals surface area contributed by atoms with Crippen molar-refractivity contribution in [1.29, 1.82) is 0 Å². The predicted octanol–water partition coefficient (Wildman–Crippen LogP) is 1.30. The minimum Gasteiger partial charge on any atom is -0.326 e. The van der Waals surface area contributed by atoms with Crippen LogP contribution >= 0.6 is 0 Å². The van der Waals surface area contributed by atoms with Crippen LogP contribution < -0.4 is 11.5 Å². The normalized spacial score (nSPS) is 17.9. The van der Waals surface area contributed by atoms with Crippen LogP contribution in [0.3, 0.4) is 0 Å². The molecule has 0 radical (unpaired) electrons. The zero-order valence-electron chi connectivity index (χ0n) is 9.79. The molecule has 0 aliphatic rings. The molecule has 0 aromatic heterocycles. The lowest BCUT2D eigenvalue weighted by atomic mass is 9.91.